The highest BCUT2D eigenvalue weighted by molar-refractivity contribution is 5.19. The molecule has 0 aromatic rings. The van der Waals surface area contributed by atoms with Gasteiger partial charge in [-0.3, -0.25) is 0 Å². The maximum absolute atomic E-state index is 10.4. The maximum Gasteiger partial charge on any atom is 0.0546 e. The Hall–Kier alpha value is -0.120. The highest BCUT2D eigenvalue weighted by Crippen LogP contribution is 2.68. The molecule has 0 saturated heterocycles. The fraction of sp³-hybridized carbons (Fsp3) is 1.00. The Balaban J connectivity index is 1.66. The minimum atomic E-state index is -0.242. The summed E-state index contributed by atoms with van der Waals surface area (Å²) < 4.78 is 0. The summed E-state index contributed by atoms with van der Waals surface area (Å²) in [5.41, 5.74) is 7.60. The van der Waals surface area contributed by atoms with E-state index in [1.165, 1.54) is 32.1 Å². The van der Waals surface area contributed by atoms with Gasteiger partial charge in [-0.1, -0.05) is 13.8 Å². The van der Waals surface area contributed by atoms with Crippen LogP contribution in [0.5, 0.6) is 0 Å². The molecule has 4 rings (SSSR count). The summed E-state index contributed by atoms with van der Waals surface area (Å²) in [6.45, 7) is 6.86. The third-order valence-corrected chi connectivity index (χ3v) is 9.63. The van der Waals surface area contributed by atoms with Gasteiger partial charge in [0.15, 0.2) is 0 Å². The third-order valence-electron chi connectivity index (χ3n) is 9.63. The molecular formula is C21H37NO2. The molecule has 9 atom stereocenters. The fourth-order valence-electron chi connectivity index (χ4n) is 8.12. The van der Waals surface area contributed by atoms with Gasteiger partial charge in [0.05, 0.1) is 12.2 Å². The van der Waals surface area contributed by atoms with Gasteiger partial charge in [0.25, 0.3) is 0 Å². The molecule has 24 heavy (non-hydrogen) atoms. The van der Waals surface area contributed by atoms with Crippen LogP contribution in [0.15, 0.2) is 0 Å². The molecule has 138 valence electrons. The topological polar surface area (TPSA) is 66.5 Å². The van der Waals surface area contributed by atoms with Crippen molar-refractivity contribution in [3.05, 3.63) is 0 Å². The van der Waals surface area contributed by atoms with E-state index in [0.29, 0.717) is 23.2 Å². The summed E-state index contributed by atoms with van der Waals surface area (Å²) in [5, 5.41) is 20.5. The van der Waals surface area contributed by atoms with Gasteiger partial charge >= 0.3 is 0 Å². The fourth-order valence-corrected chi connectivity index (χ4v) is 8.12. The first-order valence-electron chi connectivity index (χ1n) is 10.4. The van der Waals surface area contributed by atoms with Gasteiger partial charge in [0.1, 0.15) is 0 Å². The van der Waals surface area contributed by atoms with Crippen LogP contribution in [0.4, 0.5) is 0 Å². The molecule has 4 fully saturated rings. The maximum atomic E-state index is 10.4. The standard InChI is InChI=1S/C21H37NO2/c1-13(23)16-8-11-21(22)18-5-4-14-12-15(24)6-9-19(14,2)17(18)7-10-20(16,21)3/h13-18,23-24H,4-12,22H2,1-3H3/t13-,14-,15+,16-,17+,18-,19+,20-,21-/m1/s1. The molecule has 0 aliphatic heterocycles. The van der Waals surface area contributed by atoms with E-state index in [1.54, 1.807) is 0 Å². The molecule has 3 heteroatoms. The van der Waals surface area contributed by atoms with E-state index in [2.05, 4.69) is 13.8 Å². The van der Waals surface area contributed by atoms with Crippen LogP contribution in [-0.2, 0) is 0 Å². The summed E-state index contributed by atoms with van der Waals surface area (Å²) >= 11 is 0. The lowest BCUT2D eigenvalue weighted by Crippen LogP contribution is -2.66. The van der Waals surface area contributed by atoms with Crippen LogP contribution in [-0.4, -0.2) is 28.0 Å². The Bertz CT molecular complexity index is 508. The summed E-state index contributed by atoms with van der Waals surface area (Å²) in [4.78, 5) is 0. The molecule has 3 nitrogen and oxygen atoms in total. The first-order chi connectivity index (χ1) is 11.2. The molecule has 0 bridgehead atoms. The van der Waals surface area contributed by atoms with E-state index >= 15 is 0 Å². The van der Waals surface area contributed by atoms with Crippen LogP contribution < -0.4 is 5.73 Å². The molecule has 0 aromatic heterocycles. The van der Waals surface area contributed by atoms with Crippen molar-refractivity contribution in [3.63, 3.8) is 0 Å². The molecule has 0 radical (unpaired) electrons. The minimum Gasteiger partial charge on any atom is -0.393 e. The van der Waals surface area contributed by atoms with Gasteiger partial charge in [-0.25, -0.2) is 0 Å². The Kier molecular flexibility index (Phi) is 3.92. The SMILES string of the molecule is C[C@@H](O)[C@H]1CC[C@@]2(N)[C@@H]3CC[C@@H]4C[C@@H](O)CC[C@]4(C)[C@H]3CC[C@]12C. The monoisotopic (exact) mass is 335 g/mol. The number of hydrogen-bond donors (Lipinski definition) is 3. The van der Waals surface area contributed by atoms with Gasteiger partial charge in [-0.05, 0) is 99.2 Å². The smallest absolute Gasteiger partial charge is 0.0546 e. The number of aliphatic hydroxyl groups excluding tert-OH is 2. The molecule has 4 saturated carbocycles. The average molecular weight is 336 g/mol. The van der Waals surface area contributed by atoms with Crippen molar-refractivity contribution in [2.75, 3.05) is 0 Å². The zero-order chi connectivity index (χ0) is 17.3. The Morgan fingerprint density at radius 2 is 1.71 bits per heavy atom. The number of hydrogen-bond acceptors (Lipinski definition) is 3. The highest BCUT2D eigenvalue weighted by Gasteiger charge is 2.66. The number of fused-ring (bicyclic) bond motifs is 5. The molecule has 4 N–H and O–H groups in total. The van der Waals surface area contributed by atoms with Crippen molar-refractivity contribution >= 4 is 0 Å². The zero-order valence-corrected chi connectivity index (χ0v) is 15.8. The second-order valence-electron chi connectivity index (χ2n) is 10.3. The lowest BCUT2D eigenvalue weighted by Gasteiger charge is -2.64. The minimum absolute atomic E-state index is 0.0774. The molecule has 0 heterocycles. The quantitative estimate of drug-likeness (QED) is 0.687. The van der Waals surface area contributed by atoms with Crippen molar-refractivity contribution in [2.45, 2.75) is 96.3 Å². The second kappa shape index (κ2) is 5.44. The lowest BCUT2D eigenvalue weighted by molar-refractivity contribution is -0.141. The Morgan fingerprint density at radius 3 is 2.42 bits per heavy atom. The molecular weight excluding hydrogens is 298 g/mol. The highest BCUT2D eigenvalue weighted by atomic mass is 16.3. The second-order valence-corrected chi connectivity index (χ2v) is 10.3. The molecule has 4 aliphatic rings. The van der Waals surface area contributed by atoms with Crippen LogP contribution in [0.1, 0.15) is 78.6 Å². The predicted octanol–water partition coefficient (Wildman–Crippen LogP) is 3.47. The van der Waals surface area contributed by atoms with Crippen molar-refractivity contribution in [2.24, 2.45) is 40.2 Å². The van der Waals surface area contributed by atoms with Gasteiger partial charge in [-0.15, -0.1) is 0 Å². The lowest BCUT2D eigenvalue weighted by atomic mass is 9.42. The number of aliphatic hydroxyl groups is 2. The third kappa shape index (κ3) is 2.07. The number of nitrogens with two attached hydrogens (primary N) is 1. The average Bonchev–Trinajstić information content (AvgIpc) is 2.80. The van der Waals surface area contributed by atoms with E-state index in [0.717, 1.165) is 31.6 Å². The van der Waals surface area contributed by atoms with Gasteiger partial charge < -0.3 is 15.9 Å². The van der Waals surface area contributed by atoms with Gasteiger partial charge in [-0.2, -0.15) is 0 Å². The van der Waals surface area contributed by atoms with Crippen molar-refractivity contribution in [1.29, 1.82) is 0 Å². The van der Waals surface area contributed by atoms with Crippen LogP contribution >= 0.6 is 0 Å². The molecule has 0 spiro atoms. The van der Waals surface area contributed by atoms with Crippen LogP contribution in [0.25, 0.3) is 0 Å². The van der Waals surface area contributed by atoms with Crippen LogP contribution in [0.3, 0.4) is 0 Å². The van der Waals surface area contributed by atoms with E-state index in [4.69, 9.17) is 5.73 Å². The van der Waals surface area contributed by atoms with E-state index in [1.807, 2.05) is 6.92 Å². The first-order valence-corrected chi connectivity index (χ1v) is 10.4. The van der Waals surface area contributed by atoms with Crippen molar-refractivity contribution in [1.82, 2.24) is 0 Å². The van der Waals surface area contributed by atoms with E-state index in [9.17, 15) is 10.2 Å². The summed E-state index contributed by atoms with van der Waals surface area (Å²) in [6, 6.07) is 0. The van der Waals surface area contributed by atoms with Crippen molar-refractivity contribution < 1.29 is 10.2 Å². The summed E-state index contributed by atoms with van der Waals surface area (Å²) in [5.74, 6) is 2.37. The van der Waals surface area contributed by atoms with E-state index < -0.39 is 0 Å². The van der Waals surface area contributed by atoms with Crippen LogP contribution in [0.2, 0.25) is 0 Å². The van der Waals surface area contributed by atoms with E-state index in [-0.39, 0.29) is 23.2 Å². The Labute approximate surface area is 147 Å². The van der Waals surface area contributed by atoms with Crippen molar-refractivity contribution in [3.8, 4) is 0 Å². The first kappa shape index (κ1) is 17.3. The van der Waals surface area contributed by atoms with Gasteiger partial charge in [0.2, 0.25) is 0 Å². The van der Waals surface area contributed by atoms with Gasteiger partial charge in [0, 0.05) is 5.54 Å². The zero-order valence-electron chi connectivity index (χ0n) is 15.8. The normalized spacial score (nSPS) is 58.5. The molecule has 4 aliphatic carbocycles. The largest absolute Gasteiger partial charge is 0.393 e. The predicted molar refractivity (Wildman–Crippen MR) is 96.3 cm³/mol. The number of rotatable bonds is 1. The summed E-state index contributed by atoms with van der Waals surface area (Å²) in [6.07, 6.45) is 9.92. The Morgan fingerprint density at radius 1 is 0.958 bits per heavy atom. The molecule has 0 amide bonds. The molecule has 0 unspecified atom stereocenters. The molecule has 0 aromatic carbocycles. The van der Waals surface area contributed by atoms with Crippen LogP contribution in [0, 0.1) is 34.5 Å². The summed E-state index contributed by atoms with van der Waals surface area (Å²) in [7, 11) is 0.